The van der Waals surface area contributed by atoms with Gasteiger partial charge in [-0.3, -0.25) is 0 Å². The molecule has 1 aliphatic rings. The van der Waals surface area contributed by atoms with E-state index < -0.39 is 0 Å². The lowest BCUT2D eigenvalue weighted by Crippen LogP contribution is -2.19. The molecule has 1 aromatic carbocycles. The predicted octanol–water partition coefficient (Wildman–Crippen LogP) is 5.23. The van der Waals surface area contributed by atoms with Crippen LogP contribution in [-0.4, -0.2) is 13.2 Å². The van der Waals surface area contributed by atoms with Crippen molar-refractivity contribution in [2.75, 3.05) is 12.4 Å². The van der Waals surface area contributed by atoms with E-state index in [1.807, 2.05) is 12.1 Å². The standard InChI is InChI=1S/C16H24BrNO/c1-16(2)9-4-5-12(8-10-16)18-15-11-13(19-3)6-7-14(15)17/h6-7,11-12,18H,4-5,8-10H2,1-3H3. The second-order valence-corrected chi connectivity index (χ2v) is 7.14. The van der Waals surface area contributed by atoms with Crippen molar-refractivity contribution >= 4 is 21.6 Å². The maximum Gasteiger partial charge on any atom is 0.121 e. The fourth-order valence-corrected chi connectivity index (χ4v) is 3.13. The first-order chi connectivity index (χ1) is 9.00. The first kappa shape index (κ1) is 14.7. The third kappa shape index (κ3) is 4.13. The van der Waals surface area contributed by atoms with Crippen molar-refractivity contribution in [3.05, 3.63) is 22.7 Å². The molecule has 0 amide bonds. The fourth-order valence-electron chi connectivity index (χ4n) is 2.77. The van der Waals surface area contributed by atoms with Crippen LogP contribution in [0.1, 0.15) is 46.0 Å². The van der Waals surface area contributed by atoms with E-state index in [0.717, 1.165) is 15.9 Å². The molecule has 2 rings (SSSR count). The van der Waals surface area contributed by atoms with Crippen LogP contribution in [-0.2, 0) is 0 Å². The summed E-state index contributed by atoms with van der Waals surface area (Å²) in [6, 6.07) is 6.66. The maximum atomic E-state index is 5.30. The van der Waals surface area contributed by atoms with Crippen LogP contribution in [0.5, 0.6) is 5.75 Å². The van der Waals surface area contributed by atoms with Gasteiger partial charge in [0.1, 0.15) is 5.75 Å². The van der Waals surface area contributed by atoms with E-state index in [1.165, 1.54) is 32.1 Å². The summed E-state index contributed by atoms with van der Waals surface area (Å²) in [5, 5.41) is 3.67. The molecule has 0 aliphatic heterocycles. The fraction of sp³-hybridized carbons (Fsp3) is 0.625. The highest BCUT2D eigenvalue weighted by Crippen LogP contribution is 2.36. The third-order valence-corrected chi connectivity index (χ3v) is 4.80. The van der Waals surface area contributed by atoms with E-state index >= 15 is 0 Å². The molecular formula is C16H24BrNO. The van der Waals surface area contributed by atoms with Gasteiger partial charge in [0.05, 0.1) is 12.8 Å². The number of benzene rings is 1. The molecule has 1 fully saturated rings. The van der Waals surface area contributed by atoms with E-state index in [4.69, 9.17) is 4.74 Å². The SMILES string of the molecule is COc1ccc(Br)c(NC2CCCC(C)(C)CC2)c1. The summed E-state index contributed by atoms with van der Waals surface area (Å²) < 4.78 is 6.40. The minimum Gasteiger partial charge on any atom is -0.497 e. The number of nitrogens with one attached hydrogen (secondary N) is 1. The summed E-state index contributed by atoms with van der Waals surface area (Å²) in [6.07, 6.45) is 6.45. The minimum absolute atomic E-state index is 0.502. The van der Waals surface area contributed by atoms with Crippen LogP contribution in [0.3, 0.4) is 0 Å². The van der Waals surface area contributed by atoms with Crippen LogP contribution in [0.25, 0.3) is 0 Å². The Bertz CT molecular complexity index is 431. The van der Waals surface area contributed by atoms with Gasteiger partial charge >= 0.3 is 0 Å². The normalized spacial score (nSPS) is 22.6. The van der Waals surface area contributed by atoms with E-state index in [1.54, 1.807) is 7.11 Å². The highest BCUT2D eigenvalue weighted by Gasteiger charge is 2.24. The van der Waals surface area contributed by atoms with Gasteiger partial charge in [0.15, 0.2) is 0 Å². The van der Waals surface area contributed by atoms with Crippen LogP contribution in [0.2, 0.25) is 0 Å². The molecule has 1 saturated carbocycles. The number of ether oxygens (including phenoxy) is 1. The van der Waals surface area contributed by atoms with Gasteiger partial charge in [0.2, 0.25) is 0 Å². The van der Waals surface area contributed by atoms with Crippen LogP contribution in [0.4, 0.5) is 5.69 Å². The largest absolute Gasteiger partial charge is 0.497 e. The number of halogens is 1. The van der Waals surface area contributed by atoms with Gasteiger partial charge in [-0.15, -0.1) is 0 Å². The summed E-state index contributed by atoms with van der Waals surface area (Å²) in [5.41, 5.74) is 1.64. The van der Waals surface area contributed by atoms with Gasteiger partial charge in [-0.1, -0.05) is 20.3 Å². The molecule has 1 aromatic rings. The van der Waals surface area contributed by atoms with Gasteiger partial charge in [-0.25, -0.2) is 0 Å². The van der Waals surface area contributed by atoms with Gasteiger partial charge in [-0.2, -0.15) is 0 Å². The maximum absolute atomic E-state index is 5.30. The topological polar surface area (TPSA) is 21.3 Å². The van der Waals surface area contributed by atoms with E-state index in [0.29, 0.717) is 11.5 Å². The molecule has 19 heavy (non-hydrogen) atoms. The van der Waals surface area contributed by atoms with Gasteiger partial charge < -0.3 is 10.1 Å². The van der Waals surface area contributed by atoms with Crippen LogP contribution < -0.4 is 10.1 Å². The lowest BCUT2D eigenvalue weighted by Gasteiger charge is -2.22. The second-order valence-electron chi connectivity index (χ2n) is 6.28. The second kappa shape index (κ2) is 6.17. The van der Waals surface area contributed by atoms with Crippen molar-refractivity contribution in [1.29, 1.82) is 0 Å². The molecule has 0 heterocycles. The lowest BCUT2D eigenvalue weighted by molar-refractivity contribution is 0.313. The zero-order valence-electron chi connectivity index (χ0n) is 12.1. The summed E-state index contributed by atoms with van der Waals surface area (Å²) in [5.74, 6) is 0.902. The monoisotopic (exact) mass is 325 g/mol. The highest BCUT2D eigenvalue weighted by molar-refractivity contribution is 9.10. The van der Waals surface area contributed by atoms with Crippen molar-refractivity contribution in [1.82, 2.24) is 0 Å². The average molecular weight is 326 g/mol. The first-order valence-corrected chi connectivity index (χ1v) is 7.89. The number of anilines is 1. The summed E-state index contributed by atoms with van der Waals surface area (Å²) in [4.78, 5) is 0. The van der Waals surface area contributed by atoms with Crippen molar-refractivity contribution in [3.8, 4) is 5.75 Å². The Balaban J connectivity index is 2.04. The molecule has 0 aromatic heterocycles. The molecule has 1 aliphatic carbocycles. The zero-order valence-corrected chi connectivity index (χ0v) is 13.7. The molecule has 0 saturated heterocycles. The average Bonchev–Trinajstić information content (AvgIpc) is 2.54. The number of rotatable bonds is 3. The number of methoxy groups -OCH3 is 1. The van der Waals surface area contributed by atoms with Gasteiger partial charge in [-0.05, 0) is 59.2 Å². The Hall–Kier alpha value is -0.700. The van der Waals surface area contributed by atoms with E-state index in [2.05, 4.69) is 41.2 Å². The molecule has 0 bridgehead atoms. The summed E-state index contributed by atoms with van der Waals surface area (Å²) in [6.45, 7) is 4.77. The lowest BCUT2D eigenvalue weighted by atomic mass is 9.85. The number of hydrogen-bond acceptors (Lipinski definition) is 2. The summed E-state index contributed by atoms with van der Waals surface area (Å²) in [7, 11) is 1.71. The van der Waals surface area contributed by atoms with E-state index in [9.17, 15) is 0 Å². The first-order valence-electron chi connectivity index (χ1n) is 7.10. The van der Waals surface area contributed by atoms with Crippen molar-refractivity contribution < 1.29 is 4.74 Å². The van der Waals surface area contributed by atoms with Gasteiger partial charge in [0.25, 0.3) is 0 Å². The van der Waals surface area contributed by atoms with E-state index in [-0.39, 0.29) is 0 Å². The zero-order chi connectivity index (χ0) is 13.9. The Kier molecular flexibility index (Phi) is 4.77. The third-order valence-electron chi connectivity index (χ3n) is 4.11. The van der Waals surface area contributed by atoms with Gasteiger partial charge in [0, 0.05) is 16.6 Å². The molecule has 1 unspecified atom stereocenters. The highest BCUT2D eigenvalue weighted by atomic mass is 79.9. The van der Waals surface area contributed by atoms with Crippen LogP contribution in [0, 0.1) is 5.41 Å². The predicted molar refractivity (Wildman–Crippen MR) is 85.0 cm³/mol. The van der Waals surface area contributed by atoms with Crippen molar-refractivity contribution in [3.63, 3.8) is 0 Å². The summed E-state index contributed by atoms with van der Waals surface area (Å²) >= 11 is 3.61. The molecule has 0 spiro atoms. The molecular weight excluding hydrogens is 302 g/mol. The molecule has 3 heteroatoms. The van der Waals surface area contributed by atoms with Crippen molar-refractivity contribution in [2.45, 2.75) is 52.0 Å². The Morgan fingerprint density at radius 2 is 2.05 bits per heavy atom. The van der Waals surface area contributed by atoms with Crippen molar-refractivity contribution in [2.24, 2.45) is 5.41 Å². The molecule has 1 atom stereocenters. The van der Waals surface area contributed by atoms with Crippen LogP contribution in [0.15, 0.2) is 22.7 Å². The minimum atomic E-state index is 0.502. The number of hydrogen-bond donors (Lipinski definition) is 1. The Labute approximate surface area is 125 Å². The molecule has 106 valence electrons. The molecule has 2 nitrogen and oxygen atoms in total. The Morgan fingerprint density at radius 3 is 2.79 bits per heavy atom. The van der Waals surface area contributed by atoms with Crippen LogP contribution >= 0.6 is 15.9 Å². The Morgan fingerprint density at radius 1 is 1.26 bits per heavy atom. The molecule has 1 N–H and O–H groups in total. The quantitative estimate of drug-likeness (QED) is 0.768. The smallest absolute Gasteiger partial charge is 0.121 e. The molecule has 0 radical (unpaired) electrons.